The first-order valence-electron chi connectivity index (χ1n) is 4.85. The van der Waals surface area contributed by atoms with Crippen molar-refractivity contribution in [2.45, 2.75) is 25.0 Å². The van der Waals surface area contributed by atoms with Crippen LogP contribution in [0.1, 0.15) is 19.8 Å². The number of amides is 3. The lowest BCUT2D eigenvalue weighted by atomic mass is 10.4. The van der Waals surface area contributed by atoms with E-state index in [0.29, 0.717) is 13.0 Å². The summed E-state index contributed by atoms with van der Waals surface area (Å²) in [6.07, 6.45) is 0.556. The van der Waals surface area contributed by atoms with E-state index in [2.05, 4.69) is 17.9 Å². The maximum atomic E-state index is 11.4. The van der Waals surface area contributed by atoms with Gasteiger partial charge in [-0.2, -0.15) is 12.6 Å². The van der Waals surface area contributed by atoms with Gasteiger partial charge in [0.1, 0.15) is 0 Å². The Kier molecular flexibility index (Phi) is 4.14. The molecule has 3 amide bonds. The monoisotopic (exact) mass is 230 g/mol. The lowest BCUT2D eigenvalue weighted by molar-refractivity contribution is -0.138. The molecule has 0 aromatic carbocycles. The van der Waals surface area contributed by atoms with Crippen molar-refractivity contribution in [2.24, 2.45) is 0 Å². The highest BCUT2D eigenvalue weighted by molar-refractivity contribution is 7.81. The summed E-state index contributed by atoms with van der Waals surface area (Å²) in [5, 5.41) is 2.09. The summed E-state index contributed by atoms with van der Waals surface area (Å²) in [5.74, 6) is -0.573. The topological polar surface area (TPSA) is 66.5 Å². The summed E-state index contributed by atoms with van der Waals surface area (Å²) in [7, 11) is 0. The van der Waals surface area contributed by atoms with Crippen LogP contribution in [0, 0.1) is 0 Å². The molecule has 1 saturated heterocycles. The Balaban J connectivity index is 2.36. The number of nitrogens with zero attached hydrogens (tertiary/aromatic N) is 1. The first-order valence-corrected chi connectivity index (χ1v) is 5.37. The van der Waals surface area contributed by atoms with Crippen molar-refractivity contribution in [2.75, 3.05) is 13.1 Å². The van der Waals surface area contributed by atoms with Gasteiger partial charge >= 0.3 is 0 Å². The van der Waals surface area contributed by atoms with Crippen LogP contribution in [-0.2, 0) is 14.4 Å². The van der Waals surface area contributed by atoms with Crippen LogP contribution in [-0.4, -0.2) is 41.0 Å². The third-order valence-corrected chi connectivity index (χ3v) is 2.60. The molecule has 0 bridgehead atoms. The molecule has 15 heavy (non-hydrogen) atoms. The molecule has 1 fully saturated rings. The van der Waals surface area contributed by atoms with Gasteiger partial charge in [0, 0.05) is 25.9 Å². The third kappa shape index (κ3) is 2.95. The second-order valence-electron chi connectivity index (χ2n) is 3.31. The fourth-order valence-corrected chi connectivity index (χ4v) is 1.63. The Hall–Kier alpha value is -1.04. The Morgan fingerprint density at radius 3 is 2.73 bits per heavy atom. The molecule has 0 aliphatic carbocycles. The normalized spacial score (nSPS) is 20.9. The maximum absolute atomic E-state index is 11.4. The minimum Gasteiger partial charge on any atom is -0.354 e. The summed E-state index contributed by atoms with van der Waals surface area (Å²) in [5.41, 5.74) is 0. The largest absolute Gasteiger partial charge is 0.354 e. The molecule has 6 heteroatoms. The summed E-state index contributed by atoms with van der Waals surface area (Å²) >= 11 is 3.99. The summed E-state index contributed by atoms with van der Waals surface area (Å²) in [4.78, 5) is 34.7. The number of hydrogen-bond donors (Lipinski definition) is 2. The highest BCUT2D eigenvalue weighted by Crippen LogP contribution is 2.16. The Labute approximate surface area is 93.6 Å². The van der Waals surface area contributed by atoms with Crippen molar-refractivity contribution < 1.29 is 14.4 Å². The quantitative estimate of drug-likeness (QED) is 0.509. The van der Waals surface area contributed by atoms with Crippen molar-refractivity contribution in [1.82, 2.24) is 10.2 Å². The molecule has 0 aromatic heterocycles. The Morgan fingerprint density at radius 2 is 2.27 bits per heavy atom. The van der Waals surface area contributed by atoms with Gasteiger partial charge in [0.25, 0.3) is 0 Å². The van der Waals surface area contributed by atoms with E-state index in [-0.39, 0.29) is 30.7 Å². The molecule has 1 atom stereocenters. The van der Waals surface area contributed by atoms with E-state index < -0.39 is 5.25 Å². The standard InChI is InChI=1S/C9H14N2O3S/c1-2-7(12)10-3-4-11-8(13)5-6(15)9(11)14/h6,15H,2-5H2,1H3,(H,10,12). The Bertz CT molecular complexity index is 293. The van der Waals surface area contributed by atoms with Gasteiger partial charge in [0.15, 0.2) is 0 Å². The Morgan fingerprint density at radius 1 is 1.60 bits per heavy atom. The third-order valence-electron chi connectivity index (χ3n) is 2.20. The lowest BCUT2D eigenvalue weighted by Crippen LogP contribution is -2.38. The van der Waals surface area contributed by atoms with E-state index in [1.54, 1.807) is 6.92 Å². The number of rotatable bonds is 4. The first-order chi connectivity index (χ1) is 7.06. The first kappa shape index (κ1) is 12.0. The molecule has 0 saturated carbocycles. The van der Waals surface area contributed by atoms with Crippen molar-refractivity contribution in [3.63, 3.8) is 0 Å². The summed E-state index contributed by atoms with van der Waals surface area (Å²) < 4.78 is 0. The molecule has 0 aromatic rings. The van der Waals surface area contributed by atoms with Crippen LogP contribution in [0.25, 0.3) is 0 Å². The molecule has 1 N–H and O–H groups in total. The van der Waals surface area contributed by atoms with Crippen LogP contribution in [0.2, 0.25) is 0 Å². The fraction of sp³-hybridized carbons (Fsp3) is 0.667. The average molecular weight is 230 g/mol. The number of nitrogens with one attached hydrogen (secondary N) is 1. The number of hydrogen-bond acceptors (Lipinski definition) is 4. The van der Waals surface area contributed by atoms with E-state index >= 15 is 0 Å². The molecule has 0 spiro atoms. The highest BCUT2D eigenvalue weighted by atomic mass is 32.1. The number of likely N-dealkylation sites (tertiary alicyclic amines) is 1. The van der Waals surface area contributed by atoms with E-state index in [1.807, 2.05) is 0 Å². The number of carbonyl (C=O) groups is 3. The molecule has 1 aliphatic rings. The van der Waals surface area contributed by atoms with Gasteiger partial charge in [-0.05, 0) is 0 Å². The number of carbonyl (C=O) groups excluding carboxylic acids is 3. The van der Waals surface area contributed by atoms with Gasteiger partial charge < -0.3 is 5.32 Å². The molecule has 1 rings (SSSR count). The smallest absolute Gasteiger partial charge is 0.242 e. The van der Waals surface area contributed by atoms with Crippen LogP contribution in [0.4, 0.5) is 0 Å². The van der Waals surface area contributed by atoms with Crippen molar-refractivity contribution in [1.29, 1.82) is 0 Å². The van der Waals surface area contributed by atoms with E-state index in [1.165, 1.54) is 0 Å². The van der Waals surface area contributed by atoms with Gasteiger partial charge in [0.05, 0.1) is 5.25 Å². The predicted molar refractivity (Wildman–Crippen MR) is 57.4 cm³/mol. The number of imide groups is 1. The van der Waals surface area contributed by atoms with Crippen LogP contribution in [0.3, 0.4) is 0 Å². The molecule has 84 valence electrons. The zero-order chi connectivity index (χ0) is 11.4. The minimum atomic E-state index is -0.514. The molecule has 1 heterocycles. The van der Waals surface area contributed by atoms with Gasteiger partial charge in [-0.25, -0.2) is 0 Å². The molecule has 5 nitrogen and oxygen atoms in total. The van der Waals surface area contributed by atoms with Crippen LogP contribution in [0.5, 0.6) is 0 Å². The lowest BCUT2D eigenvalue weighted by Gasteiger charge is -2.14. The molecular formula is C9H14N2O3S. The number of thiol groups is 1. The van der Waals surface area contributed by atoms with Crippen LogP contribution >= 0.6 is 12.6 Å². The minimum absolute atomic E-state index is 0.0866. The molecule has 0 radical (unpaired) electrons. The molecule has 1 aliphatic heterocycles. The van der Waals surface area contributed by atoms with E-state index in [9.17, 15) is 14.4 Å². The summed E-state index contributed by atoms with van der Waals surface area (Å²) in [6, 6.07) is 0. The van der Waals surface area contributed by atoms with Crippen molar-refractivity contribution in [3.8, 4) is 0 Å². The zero-order valence-electron chi connectivity index (χ0n) is 8.52. The average Bonchev–Trinajstić information content (AvgIpc) is 2.44. The van der Waals surface area contributed by atoms with Gasteiger partial charge in [0.2, 0.25) is 17.7 Å². The van der Waals surface area contributed by atoms with Crippen molar-refractivity contribution in [3.05, 3.63) is 0 Å². The second kappa shape index (κ2) is 5.16. The maximum Gasteiger partial charge on any atom is 0.242 e. The van der Waals surface area contributed by atoms with Gasteiger partial charge in [-0.3, -0.25) is 19.3 Å². The van der Waals surface area contributed by atoms with E-state index in [4.69, 9.17) is 0 Å². The predicted octanol–water partition coefficient (Wildman–Crippen LogP) is -0.430. The van der Waals surface area contributed by atoms with Crippen LogP contribution < -0.4 is 5.32 Å². The zero-order valence-corrected chi connectivity index (χ0v) is 9.42. The van der Waals surface area contributed by atoms with Crippen LogP contribution in [0.15, 0.2) is 0 Å². The second-order valence-corrected chi connectivity index (χ2v) is 3.93. The molecular weight excluding hydrogens is 216 g/mol. The van der Waals surface area contributed by atoms with Gasteiger partial charge in [-0.15, -0.1) is 0 Å². The molecule has 1 unspecified atom stereocenters. The fourth-order valence-electron chi connectivity index (χ4n) is 1.33. The highest BCUT2D eigenvalue weighted by Gasteiger charge is 2.35. The van der Waals surface area contributed by atoms with Gasteiger partial charge in [-0.1, -0.05) is 6.92 Å². The van der Waals surface area contributed by atoms with E-state index in [0.717, 1.165) is 4.90 Å². The van der Waals surface area contributed by atoms with Crippen molar-refractivity contribution >= 4 is 30.4 Å². The SMILES string of the molecule is CCC(=O)NCCN1C(=O)CC(S)C1=O. The summed E-state index contributed by atoms with van der Waals surface area (Å²) in [6.45, 7) is 2.29.